The molecular weight excluding hydrogens is 242 g/mol. The second kappa shape index (κ2) is 5.70. The van der Waals surface area contributed by atoms with Crippen LogP contribution in [0.1, 0.15) is 46.6 Å². The Morgan fingerprint density at radius 2 is 1.85 bits per heavy atom. The Morgan fingerprint density at radius 1 is 1.15 bits per heavy atom. The van der Waals surface area contributed by atoms with Crippen LogP contribution in [0.25, 0.3) is 5.57 Å². The summed E-state index contributed by atoms with van der Waals surface area (Å²) in [6, 6.07) is 8.62. The maximum atomic E-state index is 3.66. The lowest BCUT2D eigenvalue weighted by molar-refractivity contribution is 0.711. The molecule has 0 radical (unpaired) electrons. The van der Waals surface area contributed by atoms with Crippen LogP contribution in [0.4, 0.5) is 5.69 Å². The minimum atomic E-state index is -0.0413. The molecule has 1 N–H and O–H groups in total. The number of allylic oxidation sites excluding steroid dienone is 5. The van der Waals surface area contributed by atoms with Crippen molar-refractivity contribution >= 4 is 11.3 Å². The van der Waals surface area contributed by atoms with Gasteiger partial charge in [-0.3, -0.25) is 0 Å². The SMILES string of the molecule is CC=CC(C)(C)Nc1ccccc1C1=C(C)C(C)=CC1. The number of hydrogen-bond acceptors (Lipinski definition) is 1. The second-order valence-corrected chi connectivity index (χ2v) is 6.09. The highest BCUT2D eigenvalue weighted by molar-refractivity contribution is 5.83. The monoisotopic (exact) mass is 267 g/mol. The second-order valence-electron chi connectivity index (χ2n) is 6.09. The third-order valence-electron chi connectivity index (χ3n) is 3.95. The fourth-order valence-corrected chi connectivity index (χ4v) is 2.77. The highest BCUT2D eigenvalue weighted by Crippen LogP contribution is 2.37. The smallest absolute Gasteiger partial charge is 0.0500 e. The molecule has 0 saturated carbocycles. The zero-order valence-corrected chi connectivity index (χ0v) is 13.2. The lowest BCUT2D eigenvalue weighted by Gasteiger charge is -2.26. The third-order valence-corrected chi connectivity index (χ3v) is 3.95. The Kier molecular flexibility index (Phi) is 4.17. The average Bonchev–Trinajstić information content (AvgIpc) is 2.70. The van der Waals surface area contributed by atoms with E-state index >= 15 is 0 Å². The van der Waals surface area contributed by atoms with E-state index in [1.165, 1.54) is 28.0 Å². The van der Waals surface area contributed by atoms with Crippen molar-refractivity contribution in [2.24, 2.45) is 0 Å². The fraction of sp³-hybridized carbons (Fsp3) is 0.368. The predicted octanol–water partition coefficient (Wildman–Crippen LogP) is 5.58. The average molecular weight is 267 g/mol. The molecular formula is C19H25N. The molecule has 1 aromatic rings. The first-order chi connectivity index (χ1) is 9.44. The summed E-state index contributed by atoms with van der Waals surface area (Å²) in [5.74, 6) is 0. The zero-order chi connectivity index (χ0) is 14.8. The normalized spacial score (nSPS) is 15.9. The van der Waals surface area contributed by atoms with Gasteiger partial charge in [-0.2, -0.15) is 0 Å². The van der Waals surface area contributed by atoms with Crippen LogP contribution < -0.4 is 5.32 Å². The van der Waals surface area contributed by atoms with Crippen LogP contribution in [0.5, 0.6) is 0 Å². The summed E-state index contributed by atoms with van der Waals surface area (Å²) in [6.45, 7) is 10.9. The molecule has 0 fully saturated rings. The van der Waals surface area contributed by atoms with E-state index in [-0.39, 0.29) is 5.54 Å². The molecule has 106 valence electrons. The molecule has 0 unspecified atom stereocenters. The number of benzene rings is 1. The quantitative estimate of drug-likeness (QED) is 0.702. The number of hydrogen-bond donors (Lipinski definition) is 1. The van der Waals surface area contributed by atoms with Crippen molar-refractivity contribution in [3.63, 3.8) is 0 Å². The first-order valence-corrected chi connectivity index (χ1v) is 7.33. The van der Waals surface area contributed by atoms with Crippen molar-refractivity contribution in [1.82, 2.24) is 0 Å². The molecule has 0 atom stereocenters. The van der Waals surface area contributed by atoms with Crippen molar-refractivity contribution < 1.29 is 0 Å². The molecule has 0 spiro atoms. The van der Waals surface area contributed by atoms with Gasteiger partial charge in [-0.25, -0.2) is 0 Å². The molecule has 20 heavy (non-hydrogen) atoms. The molecule has 1 nitrogen and oxygen atoms in total. The molecule has 0 bridgehead atoms. The van der Waals surface area contributed by atoms with Crippen LogP contribution in [-0.4, -0.2) is 5.54 Å². The van der Waals surface area contributed by atoms with Gasteiger partial charge in [0.1, 0.15) is 0 Å². The van der Waals surface area contributed by atoms with Crippen molar-refractivity contribution in [2.75, 3.05) is 5.32 Å². The van der Waals surface area contributed by atoms with Gasteiger partial charge in [-0.1, -0.05) is 42.0 Å². The van der Waals surface area contributed by atoms with Gasteiger partial charge in [0.05, 0.1) is 0 Å². The lowest BCUT2D eigenvalue weighted by Crippen LogP contribution is -2.28. The van der Waals surface area contributed by atoms with Gasteiger partial charge in [0.25, 0.3) is 0 Å². The van der Waals surface area contributed by atoms with Gasteiger partial charge in [0.15, 0.2) is 0 Å². The molecule has 1 heteroatoms. The highest BCUT2D eigenvalue weighted by Gasteiger charge is 2.19. The van der Waals surface area contributed by atoms with Crippen LogP contribution in [0.2, 0.25) is 0 Å². The minimum Gasteiger partial charge on any atom is -0.376 e. The van der Waals surface area contributed by atoms with Crippen LogP contribution in [0.3, 0.4) is 0 Å². The first kappa shape index (κ1) is 14.6. The summed E-state index contributed by atoms with van der Waals surface area (Å²) in [5, 5.41) is 3.66. The number of anilines is 1. The Bertz CT molecular complexity index is 586. The Hall–Kier alpha value is -1.76. The summed E-state index contributed by atoms with van der Waals surface area (Å²) >= 11 is 0. The van der Waals surface area contributed by atoms with E-state index < -0.39 is 0 Å². The number of nitrogens with one attached hydrogen (secondary N) is 1. The van der Waals surface area contributed by atoms with E-state index in [0.29, 0.717) is 0 Å². The first-order valence-electron chi connectivity index (χ1n) is 7.33. The summed E-state index contributed by atoms with van der Waals surface area (Å²) in [5.41, 5.74) is 6.77. The van der Waals surface area contributed by atoms with E-state index in [2.05, 4.69) is 82.4 Å². The van der Waals surface area contributed by atoms with Crippen molar-refractivity contribution in [3.05, 3.63) is 59.2 Å². The lowest BCUT2D eigenvalue weighted by atomic mass is 9.96. The molecule has 0 aliphatic heterocycles. The predicted molar refractivity (Wildman–Crippen MR) is 89.9 cm³/mol. The van der Waals surface area contributed by atoms with Crippen molar-refractivity contribution in [3.8, 4) is 0 Å². The van der Waals surface area contributed by atoms with Crippen LogP contribution >= 0.6 is 0 Å². The maximum absolute atomic E-state index is 3.66. The van der Waals surface area contributed by atoms with Crippen LogP contribution in [0.15, 0.2) is 53.6 Å². The molecule has 1 aliphatic rings. The third kappa shape index (κ3) is 3.04. The van der Waals surface area contributed by atoms with Gasteiger partial charge in [0, 0.05) is 16.8 Å². The largest absolute Gasteiger partial charge is 0.376 e. The highest BCUT2D eigenvalue weighted by atomic mass is 15.0. The van der Waals surface area contributed by atoms with Gasteiger partial charge in [0.2, 0.25) is 0 Å². The van der Waals surface area contributed by atoms with Gasteiger partial charge in [-0.15, -0.1) is 0 Å². The minimum absolute atomic E-state index is 0.0413. The summed E-state index contributed by atoms with van der Waals surface area (Å²) in [7, 11) is 0. The van der Waals surface area contributed by atoms with E-state index in [1.54, 1.807) is 0 Å². The van der Waals surface area contributed by atoms with E-state index in [9.17, 15) is 0 Å². The number of rotatable bonds is 4. The molecule has 0 amide bonds. The Labute approximate surface area is 123 Å². The molecule has 1 aromatic carbocycles. The zero-order valence-electron chi connectivity index (χ0n) is 13.2. The van der Waals surface area contributed by atoms with E-state index in [0.717, 1.165) is 6.42 Å². The summed E-state index contributed by atoms with van der Waals surface area (Å²) in [4.78, 5) is 0. The van der Waals surface area contributed by atoms with Crippen molar-refractivity contribution in [1.29, 1.82) is 0 Å². The molecule has 0 heterocycles. The van der Waals surface area contributed by atoms with Gasteiger partial charge >= 0.3 is 0 Å². The molecule has 0 saturated heterocycles. The molecule has 0 aromatic heterocycles. The Balaban J connectivity index is 2.38. The van der Waals surface area contributed by atoms with Gasteiger partial charge < -0.3 is 5.32 Å². The number of para-hydroxylation sites is 1. The standard InChI is InChI=1S/C19H25N/c1-6-13-19(4,5)20-18-10-8-7-9-17(18)16-12-11-14(2)15(16)3/h6-11,13,20H,12H2,1-5H3. The van der Waals surface area contributed by atoms with E-state index in [4.69, 9.17) is 0 Å². The van der Waals surface area contributed by atoms with Crippen molar-refractivity contribution in [2.45, 2.75) is 46.6 Å². The fourth-order valence-electron chi connectivity index (χ4n) is 2.77. The molecule has 1 aliphatic carbocycles. The maximum Gasteiger partial charge on any atom is 0.0500 e. The van der Waals surface area contributed by atoms with Gasteiger partial charge in [-0.05, 0) is 58.3 Å². The van der Waals surface area contributed by atoms with Crippen LogP contribution in [0, 0.1) is 0 Å². The van der Waals surface area contributed by atoms with E-state index in [1.807, 2.05) is 0 Å². The summed E-state index contributed by atoms with van der Waals surface area (Å²) in [6.07, 6.45) is 7.66. The summed E-state index contributed by atoms with van der Waals surface area (Å²) < 4.78 is 0. The van der Waals surface area contributed by atoms with Crippen LogP contribution in [-0.2, 0) is 0 Å². The molecule has 2 rings (SSSR count). The Morgan fingerprint density at radius 3 is 2.45 bits per heavy atom. The topological polar surface area (TPSA) is 12.0 Å².